The van der Waals surface area contributed by atoms with Crippen molar-refractivity contribution in [2.24, 2.45) is 0 Å². The highest BCUT2D eigenvalue weighted by atomic mass is 79.9. The van der Waals surface area contributed by atoms with E-state index in [1.807, 2.05) is 0 Å². The first-order chi connectivity index (χ1) is 9.88. The number of halogens is 2. The number of alkyl halides is 1. The number of aryl methyl sites for hydroxylation is 1. The Bertz CT molecular complexity index is 692. The van der Waals surface area contributed by atoms with Gasteiger partial charge in [-0.25, -0.2) is 0 Å². The van der Waals surface area contributed by atoms with Crippen molar-refractivity contribution < 1.29 is 4.74 Å². The van der Waals surface area contributed by atoms with Gasteiger partial charge in [0.2, 0.25) is 0 Å². The number of benzene rings is 2. The van der Waals surface area contributed by atoms with E-state index in [0.29, 0.717) is 0 Å². The van der Waals surface area contributed by atoms with Crippen molar-refractivity contribution in [3.8, 4) is 5.75 Å². The molecule has 1 nitrogen and oxygen atoms in total. The van der Waals surface area contributed by atoms with Gasteiger partial charge < -0.3 is 4.74 Å². The zero-order valence-electron chi connectivity index (χ0n) is 12.4. The van der Waals surface area contributed by atoms with Crippen LogP contribution in [0.3, 0.4) is 0 Å². The fourth-order valence-electron chi connectivity index (χ4n) is 2.80. The van der Waals surface area contributed by atoms with E-state index in [-0.39, 0.29) is 10.2 Å². The molecule has 0 spiro atoms. The van der Waals surface area contributed by atoms with E-state index >= 15 is 0 Å². The summed E-state index contributed by atoms with van der Waals surface area (Å²) in [6.45, 7) is 7.37. The zero-order chi connectivity index (χ0) is 15.2. The van der Waals surface area contributed by atoms with Crippen molar-refractivity contribution in [1.29, 1.82) is 0 Å². The van der Waals surface area contributed by atoms with Crippen LogP contribution >= 0.6 is 31.9 Å². The lowest BCUT2D eigenvalue weighted by Crippen LogP contribution is -2.18. The van der Waals surface area contributed by atoms with Crippen LogP contribution in [0.5, 0.6) is 5.75 Å². The minimum absolute atomic E-state index is 0.0901. The molecule has 21 heavy (non-hydrogen) atoms. The Hall–Kier alpha value is -0.800. The molecule has 0 amide bonds. The van der Waals surface area contributed by atoms with Gasteiger partial charge in [0, 0.05) is 15.5 Å². The summed E-state index contributed by atoms with van der Waals surface area (Å²) in [4.78, 5) is 0.201. The van der Waals surface area contributed by atoms with E-state index in [4.69, 9.17) is 4.74 Å². The third kappa shape index (κ3) is 2.78. The number of hydrogen-bond donors (Lipinski definition) is 0. The van der Waals surface area contributed by atoms with Gasteiger partial charge in [0.25, 0.3) is 0 Å². The molecule has 0 radical (unpaired) electrons. The Morgan fingerprint density at radius 1 is 1.14 bits per heavy atom. The summed E-state index contributed by atoms with van der Waals surface area (Å²) in [5.41, 5.74) is 5.25. The lowest BCUT2D eigenvalue weighted by Gasteiger charge is -2.18. The molecule has 1 aliphatic rings. The second-order valence-electron chi connectivity index (χ2n) is 6.29. The fraction of sp³-hybridized carbons (Fsp3) is 0.333. The largest absolute Gasteiger partial charge is 0.492 e. The van der Waals surface area contributed by atoms with E-state index < -0.39 is 0 Å². The molecule has 0 aliphatic carbocycles. The number of rotatable bonds is 2. The molecule has 1 atom stereocenters. The predicted octanol–water partition coefficient (Wildman–Crippen LogP) is 5.91. The summed E-state index contributed by atoms with van der Waals surface area (Å²) >= 11 is 7.38. The highest BCUT2D eigenvalue weighted by molar-refractivity contribution is 9.10. The van der Waals surface area contributed by atoms with Gasteiger partial charge in [-0.05, 0) is 47.9 Å². The summed E-state index contributed by atoms with van der Waals surface area (Å²) in [7, 11) is 0. The van der Waals surface area contributed by atoms with E-state index in [2.05, 4.69) is 89.0 Å². The van der Waals surface area contributed by atoms with Crippen molar-refractivity contribution in [3.63, 3.8) is 0 Å². The lowest BCUT2D eigenvalue weighted by atomic mass is 9.85. The maximum absolute atomic E-state index is 5.77. The van der Waals surface area contributed by atoms with Gasteiger partial charge in [0.15, 0.2) is 0 Å². The third-order valence-electron chi connectivity index (χ3n) is 4.12. The predicted molar refractivity (Wildman–Crippen MR) is 94.6 cm³/mol. The molecule has 0 N–H and O–H groups in total. The first-order valence-electron chi connectivity index (χ1n) is 7.06. The summed E-state index contributed by atoms with van der Waals surface area (Å²) in [6.07, 6.45) is 0. The van der Waals surface area contributed by atoms with Crippen LogP contribution in [0.4, 0.5) is 0 Å². The minimum Gasteiger partial charge on any atom is -0.492 e. The second kappa shape index (κ2) is 5.44. The molecule has 2 aromatic rings. The van der Waals surface area contributed by atoms with Gasteiger partial charge in [-0.2, -0.15) is 0 Å². The van der Waals surface area contributed by atoms with Gasteiger partial charge in [-0.1, -0.05) is 57.8 Å². The Labute approximate surface area is 143 Å². The summed E-state index contributed by atoms with van der Waals surface area (Å²) < 4.78 is 6.89. The SMILES string of the molecule is Cc1cc(Br)ccc1C(Br)c1ccc2c(c1)C(C)(C)CO2. The number of hydrogen-bond acceptors (Lipinski definition) is 1. The number of ether oxygens (including phenoxy) is 1. The van der Waals surface area contributed by atoms with Gasteiger partial charge >= 0.3 is 0 Å². The number of fused-ring (bicyclic) bond motifs is 1. The quantitative estimate of drug-likeness (QED) is 0.560. The highest BCUT2D eigenvalue weighted by Crippen LogP contribution is 2.42. The molecule has 2 aromatic carbocycles. The summed E-state index contributed by atoms with van der Waals surface area (Å²) in [5.74, 6) is 1.02. The highest BCUT2D eigenvalue weighted by Gasteiger charge is 2.32. The molecule has 0 saturated carbocycles. The van der Waals surface area contributed by atoms with E-state index in [0.717, 1.165) is 16.8 Å². The second-order valence-corrected chi connectivity index (χ2v) is 8.12. The van der Waals surface area contributed by atoms with Crippen molar-refractivity contribution in [2.45, 2.75) is 31.0 Å². The van der Waals surface area contributed by atoms with Crippen molar-refractivity contribution >= 4 is 31.9 Å². The smallest absolute Gasteiger partial charge is 0.123 e. The minimum atomic E-state index is 0.0901. The van der Waals surface area contributed by atoms with Crippen LogP contribution in [0.15, 0.2) is 40.9 Å². The van der Waals surface area contributed by atoms with Crippen LogP contribution in [0.1, 0.15) is 40.9 Å². The Balaban J connectivity index is 2.01. The topological polar surface area (TPSA) is 9.23 Å². The first-order valence-corrected chi connectivity index (χ1v) is 8.77. The van der Waals surface area contributed by atoms with Crippen molar-refractivity contribution in [1.82, 2.24) is 0 Å². The molecule has 1 heterocycles. The fourth-order valence-corrected chi connectivity index (χ4v) is 4.07. The van der Waals surface area contributed by atoms with Crippen LogP contribution in [-0.2, 0) is 5.41 Å². The average molecular weight is 410 g/mol. The van der Waals surface area contributed by atoms with E-state index in [1.54, 1.807) is 0 Å². The Morgan fingerprint density at radius 3 is 2.62 bits per heavy atom. The monoisotopic (exact) mass is 408 g/mol. The molecular formula is C18H18Br2O. The van der Waals surface area contributed by atoms with Gasteiger partial charge in [-0.15, -0.1) is 0 Å². The molecule has 0 aromatic heterocycles. The van der Waals surface area contributed by atoms with Gasteiger partial charge in [0.05, 0.1) is 11.4 Å². The molecule has 1 unspecified atom stereocenters. The third-order valence-corrected chi connectivity index (χ3v) is 5.63. The zero-order valence-corrected chi connectivity index (χ0v) is 15.6. The molecule has 3 rings (SSSR count). The van der Waals surface area contributed by atoms with Gasteiger partial charge in [-0.3, -0.25) is 0 Å². The van der Waals surface area contributed by atoms with Crippen LogP contribution in [-0.4, -0.2) is 6.61 Å². The van der Waals surface area contributed by atoms with Gasteiger partial charge in [0.1, 0.15) is 5.75 Å². The molecule has 110 valence electrons. The van der Waals surface area contributed by atoms with Crippen LogP contribution in [0.25, 0.3) is 0 Å². The Kier molecular flexibility index (Phi) is 3.91. The molecule has 0 saturated heterocycles. The van der Waals surface area contributed by atoms with Crippen molar-refractivity contribution in [2.75, 3.05) is 6.61 Å². The molecule has 1 aliphatic heterocycles. The lowest BCUT2D eigenvalue weighted by molar-refractivity contribution is 0.291. The molecule has 0 fully saturated rings. The summed E-state index contributed by atoms with van der Waals surface area (Å²) in [6, 6.07) is 13.0. The van der Waals surface area contributed by atoms with E-state index in [1.165, 1.54) is 22.3 Å². The van der Waals surface area contributed by atoms with Crippen LogP contribution in [0, 0.1) is 6.92 Å². The molecule has 0 bridgehead atoms. The van der Waals surface area contributed by atoms with E-state index in [9.17, 15) is 0 Å². The maximum Gasteiger partial charge on any atom is 0.123 e. The first kappa shape index (κ1) is 15.1. The van der Waals surface area contributed by atoms with Crippen LogP contribution < -0.4 is 4.74 Å². The standard InChI is InChI=1S/C18H18Br2O/c1-11-8-13(19)5-6-14(11)17(20)12-4-7-16-15(9-12)18(2,3)10-21-16/h4-9,17H,10H2,1-3H3. The molecular weight excluding hydrogens is 392 g/mol. The molecule has 3 heteroatoms. The maximum atomic E-state index is 5.77. The van der Waals surface area contributed by atoms with Crippen molar-refractivity contribution in [3.05, 3.63) is 63.1 Å². The normalized spacial score (nSPS) is 17.2. The summed E-state index contributed by atoms with van der Waals surface area (Å²) in [5, 5.41) is 0. The average Bonchev–Trinajstić information content (AvgIpc) is 2.74. The van der Waals surface area contributed by atoms with Crippen LogP contribution in [0.2, 0.25) is 0 Å². The Morgan fingerprint density at radius 2 is 1.90 bits per heavy atom.